The molecule has 0 amide bonds. The fourth-order valence-corrected chi connectivity index (χ4v) is 1.40. The van der Waals surface area contributed by atoms with Crippen LogP contribution in [0.2, 0.25) is 0 Å². The summed E-state index contributed by atoms with van der Waals surface area (Å²) < 4.78 is 14.9. The molecule has 0 aromatic carbocycles. The molecule has 2 atom stereocenters. The summed E-state index contributed by atoms with van der Waals surface area (Å²) in [7, 11) is 0. The molecule has 0 aromatic heterocycles. The van der Waals surface area contributed by atoms with Gasteiger partial charge in [0.25, 0.3) is 6.10 Å². The minimum absolute atomic E-state index is 0.0441. The first kappa shape index (κ1) is 13.7. The Morgan fingerprint density at radius 1 is 1.53 bits per heavy atom. The number of hydrogen-bond donors (Lipinski definition) is 1. The quantitative estimate of drug-likeness (QED) is 0.421. The Labute approximate surface area is 99.2 Å². The van der Waals surface area contributed by atoms with Gasteiger partial charge in [0, 0.05) is 6.61 Å². The lowest BCUT2D eigenvalue weighted by atomic mass is 10.2. The molecule has 6 heteroatoms. The van der Waals surface area contributed by atoms with Gasteiger partial charge in [-0.15, -0.1) is 0 Å². The Morgan fingerprint density at radius 2 is 2.29 bits per heavy atom. The number of carboxylic acids is 1. The number of esters is 1. The van der Waals surface area contributed by atoms with E-state index in [1.165, 1.54) is 6.08 Å². The second-order valence-electron chi connectivity index (χ2n) is 3.57. The van der Waals surface area contributed by atoms with Crippen LogP contribution in [0.4, 0.5) is 0 Å². The molecule has 0 aliphatic carbocycles. The molecule has 1 heterocycles. The molecule has 2 unspecified atom stereocenters. The number of carbonyl (C=O) groups excluding carboxylic acids is 1. The van der Waals surface area contributed by atoms with Crippen LogP contribution in [-0.2, 0) is 23.8 Å². The third-order valence-corrected chi connectivity index (χ3v) is 2.21. The van der Waals surface area contributed by atoms with Crippen LogP contribution in [0.25, 0.3) is 0 Å². The first-order chi connectivity index (χ1) is 8.15. The Bertz CT molecular complexity index is 282. The molecule has 0 saturated carbocycles. The normalized spacial score (nSPS) is 21.5. The van der Waals surface area contributed by atoms with Gasteiger partial charge in [0.1, 0.15) is 6.61 Å². The Morgan fingerprint density at radius 3 is 2.82 bits per heavy atom. The fourth-order valence-electron chi connectivity index (χ4n) is 1.40. The monoisotopic (exact) mass is 244 g/mol. The van der Waals surface area contributed by atoms with Crippen LogP contribution in [0.15, 0.2) is 12.7 Å². The number of hydrogen-bond acceptors (Lipinski definition) is 5. The van der Waals surface area contributed by atoms with Crippen LogP contribution in [0.5, 0.6) is 0 Å². The van der Waals surface area contributed by atoms with Crippen molar-refractivity contribution < 1.29 is 28.9 Å². The summed E-state index contributed by atoms with van der Waals surface area (Å²) in [5, 5.41) is 8.87. The number of ether oxygens (including phenoxy) is 3. The molecular weight excluding hydrogens is 228 g/mol. The SMILES string of the molecule is C=CCOC(=O)C(OC1CCCCO1)C(=O)O. The van der Waals surface area contributed by atoms with E-state index in [1.54, 1.807) is 0 Å². The highest BCUT2D eigenvalue weighted by Crippen LogP contribution is 2.16. The van der Waals surface area contributed by atoms with E-state index in [0.717, 1.165) is 12.8 Å². The van der Waals surface area contributed by atoms with Gasteiger partial charge in [0.2, 0.25) is 0 Å². The van der Waals surface area contributed by atoms with Gasteiger partial charge in [-0.2, -0.15) is 0 Å². The first-order valence-corrected chi connectivity index (χ1v) is 5.42. The van der Waals surface area contributed by atoms with E-state index in [-0.39, 0.29) is 6.61 Å². The summed E-state index contributed by atoms with van der Waals surface area (Å²) in [4.78, 5) is 22.3. The van der Waals surface area contributed by atoms with Crippen LogP contribution in [0, 0.1) is 0 Å². The minimum atomic E-state index is -1.64. The predicted octanol–water partition coefficient (Wildman–Crippen LogP) is 0.712. The topological polar surface area (TPSA) is 82.1 Å². The van der Waals surface area contributed by atoms with Crippen LogP contribution < -0.4 is 0 Å². The van der Waals surface area contributed by atoms with Crippen molar-refractivity contribution >= 4 is 11.9 Å². The lowest BCUT2D eigenvalue weighted by molar-refractivity contribution is -0.210. The van der Waals surface area contributed by atoms with Crippen LogP contribution in [0.3, 0.4) is 0 Å². The molecule has 1 N–H and O–H groups in total. The van der Waals surface area contributed by atoms with Crippen molar-refractivity contribution in [1.82, 2.24) is 0 Å². The van der Waals surface area contributed by atoms with Crippen LogP contribution in [0.1, 0.15) is 19.3 Å². The van der Waals surface area contributed by atoms with Crippen molar-refractivity contribution in [2.75, 3.05) is 13.2 Å². The first-order valence-electron chi connectivity index (χ1n) is 5.42. The van der Waals surface area contributed by atoms with E-state index in [4.69, 9.17) is 14.6 Å². The summed E-state index contributed by atoms with van der Waals surface area (Å²) in [6.07, 6.45) is 1.45. The third kappa shape index (κ3) is 4.54. The van der Waals surface area contributed by atoms with Crippen molar-refractivity contribution in [3.8, 4) is 0 Å². The molecule has 1 aliphatic rings. The maximum absolute atomic E-state index is 11.4. The third-order valence-electron chi connectivity index (χ3n) is 2.21. The van der Waals surface area contributed by atoms with Crippen molar-refractivity contribution in [3.05, 3.63) is 12.7 Å². The van der Waals surface area contributed by atoms with Crippen molar-refractivity contribution in [3.63, 3.8) is 0 Å². The zero-order valence-electron chi connectivity index (χ0n) is 9.46. The van der Waals surface area contributed by atoms with Gasteiger partial charge in [-0.1, -0.05) is 12.7 Å². The minimum Gasteiger partial charge on any atom is -0.479 e. The number of carboxylic acid groups (broad SMARTS) is 1. The lowest BCUT2D eigenvalue weighted by Crippen LogP contribution is -2.39. The molecule has 1 fully saturated rings. The van der Waals surface area contributed by atoms with Crippen LogP contribution >= 0.6 is 0 Å². The zero-order chi connectivity index (χ0) is 12.7. The summed E-state index contributed by atoms with van der Waals surface area (Å²) in [6.45, 7) is 3.83. The maximum atomic E-state index is 11.4. The average molecular weight is 244 g/mol. The Hall–Kier alpha value is -1.40. The largest absolute Gasteiger partial charge is 0.479 e. The molecule has 1 aliphatic heterocycles. The smallest absolute Gasteiger partial charge is 0.347 e. The highest BCUT2D eigenvalue weighted by molar-refractivity contribution is 5.97. The van der Waals surface area contributed by atoms with Crippen molar-refractivity contribution in [2.24, 2.45) is 0 Å². The molecule has 1 rings (SSSR count). The van der Waals surface area contributed by atoms with Gasteiger partial charge in [0.15, 0.2) is 6.29 Å². The van der Waals surface area contributed by atoms with E-state index < -0.39 is 24.3 Å². The fraction of sp³-hybridized carbons (Fsp3) is 0.636. The highest BCUT2D eigenvalue weighted by atomic mass is 16.7. The molecule has 0 spiro atoms. The van der Waals surface area contributed by atoms with E-state index in [2.05, 4.69) is 11.3 Å². The molecule has 0 radical (unpaired) electrons. The molecular formula is C11H16O6. The second kappa shape index (κ2) is 7.03. The van der Waals surface area contributed by atoms with E-state index >= 15 is 0 Å². The number of aliphatic carboxylic acids is 1. The number of carbonyl (C=O) groups is 2. The summed E-state index contributed by atoms with van der Waals surface area (Å²) in [5.41, 5.74) is 0. The van der Waals surface area contributed by atoms with Crippen molar-refractivity contribution in [1.29, 1.82) is 0 Å². The highest BCUT2D eigenvalue weighted by Gasteiger charge is 2.32. The molecule has 1 saturated heterocycles. The number of rotatable bonds is 6. The lowest BCUT2D eigenvalue weighted by Gasteiger charge is -2.24. The van der Waals surface area contributed by atoms with Gasteiger partial charge in [-0.25, -0.2) is 9.59 Å². The molecule has 96 valence electrons. The van der Waals surface area contributed by atoms with E-state index in [1.807, 2.05) is 0 Å². The van der Waals surface area contributed by atoms with Crippen LogP contribution in [-0.4, -0.2) is 42.7 Å². The average Bonchev–Trinajstić information content (AvgIpc) is 2.34. The Kier molecular flexibility index (Phi) is 5.65. The van der Waals surface area contributed by atoms with Gasteiger partial charge < -0.3 is 19.3 Å². The second-order valence-corrected chi connectivity index (χ2v) is 3.57. The Balaban J connectivity index is 2.49. The summed E-state index contributed by atoms with van der Waals surface area (Å²) >= 11 is 0. The molecule has 6 nitrogen and oxygen atoms in total. The van der Waals surface area contributed by atoms with Gasteiger partial charge in [0.05, 0.1) is 0 Å². The summed E-state index contributed by atoms with van der Waals surface area (Å²) in [6, 6.07) is 0. The maximum Gasteiger partial charge on any atom is 0.347 e. The van der Waals surface area contributed by atoms with E-state index in [9.17, 15) is 9.59 Å². The predicted molar refractivity (Wildman–Crippen MR) is 57.3 cm³/mol. The summed E-state index contributed by atoms with van der Waals surface area (Å²) in [5.74, 6) is -2.32. The molecule has 17 heavy (non-hydrogen) atoms. The van der Waals surface area contributed by atoms with Gasteiger partial charge >= 0.3 is 11.9 Å². The van der Waals surface area contributed by atoms with Crippen molar-refractivity contribution in [2.45, 2.75) is 31.7 Å². The molecule has 0 bridgehead atoms. The van der Waals surface area contributed by atoms with Gasteiger partial charge in [-0.3, -0.25) is 0 Å². The molecule has 0 aromatic rings. The van der Waals surface area contributed by atoms with Gasteiger partial charge in [-0.05, 0) is 19.3 Å². The van der Waals surface area contributed by atoms with E-state index in [0.29, 0.717) is 13.0 Å². The zero-order valence-corrected chi connectivity index (χ0v) is 9.46. The standard InChI is InChI=1S/C11H16O6/c1-2-6-16-11(14)9(10(12)13)17-8-5-3-4-7-15-8/h2,8-9H,1,3-7H2,(H,12,13).